The van der Waals surface area contributed by atoms with Crippen LogP contribution in [-0.2, 0) is 6.54 Å². The quantitative estimate of drug-likeness (QED) is 0.907. The van der Waals surface area contributed by atoms with Gasteiger partial charge in [0.15, 0.2) is 5.13 Å². The van der Waals surface area contributed by atoms with Crippen molar-refractivity contribution in [2.75, 3.05) is 25.0 Å². The van der Waals surface area contributed by atoms with E-state index in [2.05, 4.69) is 17.1 Å². The molecule has 3 nitrogen and oxygen atoms in total. The first-order valence-corrected chi connectivity index (χ1v) is 7.98. The highest BCUT2D eigenvalue weighted by Gasteiger charge is 2.30. The topological polar surface area (TPSA) is 28.2 Å². The molecular weight excluding hydrogens is 242 g/mol. The van der Waals surface area contributed by atoms with Crippen LogP contribution >= 0.6 is 11.3 Å². The van der Waals surface area contributed by atoms with Crippen LogP contribution in [0, 0.1) is 5.92 Å². The molecule has 0 aromatic carbocycles. The van der Waals surface area contributed by atoms with E-state index in [0.29, 0.717) is 0 Å². The first-order valence-electron chi connectivity index (χ1n) is 7.17. The number of anilines is 1. The molecule has 1 N–H and O–H groups in total. The Hall–Kier alpha value is -0.610. The second-order valence-corrected chi connectivity index (χ2v) is 6.86. The zero-order chi connectivity index (χ0) is 12.5. The van der Waals surface area contributed by atoms with Gasteiger partial charge >= 0.3 is 0 Å². The number of thiazole rings is 1. The van der Waals surface area contributed by atoms with Crippen LogP contribution in [0.3, 0.4) is 0 Å². The minimum atomic E-state index is 0.764. The summed E-state index contributed by atoms with van der Waals surface area (Å²) in [6.45, 7) is 5.72. The molecule has 100 valence electrons. The van der Waals surface area contributed by atoms with Gasteiger partial charge in [-0.05, 0) is 38.6 Å². The molecule has 2 heterocycles. The number of hydrogen-bond acceptors (Lipinski definition) is 4. The first kappa shape index (κ1) is 12.4. The van der Waals surface area contributed by atoms with Crippen LogP contribution in [0.1, 0.15) is 49.1 Å². The van der Waals surface area contributed by atoms with E-state index < -0.39 is 0 Å². The summed E-state index contributed by atoms with van der Waals surface area (Å²) in [5.41, 5.74) is 1.39. The number of aromatic nitrogens is 1. The molecule has 3 rings (SSSR count). The van der Waals surface area contributed by atoms with Gasteiger partial charge < -0.3 is 10.2 Å². The second kappa shape index (κ2) is 5.17. The van der Waals surface area contributed by atoms with Crippen LogP contribution in [0.5, 0.6) is 0 Å². The summed E-state index contributed by atoms with van der Waals surface area (Å²) in [5.74, 6) is 1.58. The molecule has 2 aliphatic rings. The van der Waals surface area contributed by atoms with Crippen LogP contribution in [0.4, 0.5) is 5.13 Å². The molecule has 2 fully saturated rings. The molecule has 1 aromatic heterocycles. The number of nitrogens with one attached hydrogen (secondary N) is 1. The summed E-state index contributed by atoms with van der Waals surface area (Å²) >= 11 is 1.91. The normalized spacial score (nSPS) is 24.6. The van der Waals surface area contributed by atoms with Gasteiger partial charge in [0.2, 0.25) is 0 Å². The summed E-state index contributed by atoms with van der Waals surface area (Å²) in [6.07, 6.45) is 5.38. The van der Waals surface area contributed by atoms with E-state index in [4.69, 9.17) is 4.98 Å². The van der Waals surface area contributed by atoms with E-state index in [-0.39, 0.29) is 0 Å². The third-order valence-corrected chi connectivity index (χ3v) is 5.08. The molecule has 4 heteroatoms. The van der Waals surface area contributed by atoms with Crippen molar-refractivity contribution in [2.24, 2.45) is 5.92 Å². The largest absolute Gasteiger partial charge is 0.348 e. The molecular formula is C14H23N3S. The number of hydrogen-bond donors (Lipinski definition) is 1. The van der Waals surface area contributed by atoms with Gasteiger partial charge in [-0.3, -0.25) is 0 Å². The maximum atomic E-state index is 4.95. The fourth-order valence-electron chi connectivity index (χ4n) is 2.81. The van der Waals surface area contributed by atoms with E-state index in [0.717, 1.165) is 18.4 Å². The fraction of sp³-hybridized carbons (Fsp3) is 0.786. The van der Waals surface area contributed by atoms with Crippen LogP contribution in [0.15, 0.2) is 0 Å². The van der Waals surface area contributed by atoms with E-state index in [1.54, 1.807) is 0 Å². The summed E-state index contributed by atoms with van der Waals surface area (Å²) in [6, 6.07) is 0. The summed E-state index contributed by atoms with van der Waals surface area (Å²) < 4.78 is 0. The average molecular weight is 265 g/mol. The Morgan fingerprint density at radius 2 is 2.22 bits per heavy atom. The van der Waals surface area contributed by atoms with Gasteiger partial charge in [-0.15, -0.1) is 11.3 Å². The van der Waals surface area contributed by atoms with Crippen molar-refractivity contribution in [3.05, 3.63) is 10.6 Å². The Morgan fingerprint density at radius 3 is 2.89 bits per heavy atom. The van der Waals surface area contributed by atoms with Crippen LogP contribution in [-0.4, -0.2) is 25.1 Å². The molecule has 1 aliphatic heterocycles. The Morgan fingerprint density at radius 1 is 1.39 bits per heavy atom. The highest BCUT2D eigenvalue weighted by atomic mass is 32.1. The van der Waals surface area contributed by atoms with Gasteiger partial charge in [0, 0.05) is 30.4 Å². The summed E-state index contributed by atoms with van der Waals surface area (Å²) in [5, 5.41) is 4.56. The lowest BCUT2D eigenvalue weighted by Crippen LogP contribution is -2.34. The van der Waals surface area contributed by atoms with Crippen molar-refractivity contribution in [1.29, 1.82) is 0 Å². The van der Waals surface area contributed by atoms with Gasteiger partial charge in [0.1, 0.15) is 0 Å². The van der Waals surface area contributed by atoms with Crippen molar-refractivity contribution in [2.45, 2.75) is 45.1 Å². The third kappa shape index (κ3) is 2.54. The molecule has 0 amide bonds. The molecule has 0 radical (unpaired) electrons. The van der Waals surface area contributed by atoms with E-state index in [1.165, 1.54) is 54.5 Å². The molecule has 1 aromatic rings. The van der Waals surface area contributed by atoms with Gasteiger partial charge in [-0.2, -0.15) is 0 Å². The molecule has 0 bridgehead atoms. The number of nitrogens with zero attached hydrogens (tertiary/aromatic N) is 2. The Kier molecular flexibility index (Phi) is 3.57. The highest BCUT2D eigenvalue weighted by molar-refractivity contribution is 7.15. The highest BCUT2D eigenvalue weighted by Crippen LogP contribution is 2.44. The molecule has 1 saturated heterocycles. The van der Waals surface area contributed by atoms with E-state index >= 15 is 0 Å². The van der Waals surface area contributed by atoms with Gasteiger partial charge in [0.25, 0.3) is 0 Å². The molecule has 1 saturated carbocycles. The minimum absolute atomic E-state index is 0.764. The SMILES string of the molecule is CNCc1sc(N2CCCC(C)C2)nc1C1CC1. The molecule has 1 atom stereocenters. The van der Waals surface area contributed by atoms with Gasteiger partial charge in [-0.25, -0.2) is 4.98 Å². The molecule has 18 heavy (non-hydrogen) atoms. The zero-order valence-electron chi connectivity index (χ0n) is 11.4. The first-order chi connectivity index (χ1) is 8.78. The van der Waals surface area contributed by atoms with Crippen molar-refractivity contribution < 1.29 is 0 Å². The standard InChI is InChI=1S/C14H23N3S/c1-10-4-3-7-17(9-10)14-16-13(11-5-6-11)12(18-14)8-15-2/h10-11,15H,3-9H2,1-2H3. The number of rotatable bonds is 4. The lowest BCUT2D eigenvalue weighted by atomic mass is 10.0. The van der Waals surface area contributed by atoms with Crippen LogP contribution in [0.25, 0.3) is 0 Å². The second-order valence-electron chi connectivity index (χ2n) is 5.80. The van der Waals surface area contributed by atoms with Crippen molar-refractivity contribution in [3.63, 3.8) is 0 Å². The molecule has 1 unspecified atom stereocenters. The van der Waals surface area contributed by atoms with E-state index in [1.807, 2.05) is 18.4 Å². The lowest BCUT2D eigenvalue weighted by Gasteiger charge is -2.30. The Balaban J connectivity index is 1.80. The maximum absolute atomic E-state index is 4.95. The van der Waals surface area contributed by atoms with Crippen molar-refractivity contribution in [1.82, 2.24) is 10.3 Å². The smallest absolute Gasteiger partial charge is 0.185 e. The number of piperidine rings is 1. The fourth-order valence-corrected chi connectivity index (χ4v) is 4.00. The van der Waals surface area contributed by atoms with E-state index in [9.17, 15) is 0 Å². The Bertz CT molecular complexity index is 411. The summed E-state index contributed by atoms with van der Waals surface area (Å²) in [7, 11) is 2.03. The molecule has 0 spiro atoms. The van der Waals surface area contributed by atoms with Crippen LogP contribution in [0.2, 0.25) is 0 Å². The van der Waals surface area contributed by atoms with Crippen LogP contribution < -0.4 is 10.2 Å². The van der Waals surface area contributed by atoms with Crippen molar-refractivity contribution in [3.8, 4) is 0 Å². The molecule has 1 aliphatic carbocycles. The Labute approximate surface area is 114 Å². The monoisotopic (exact) mass is 265 g/mol. The predicted octanol–water partition coefficient (Wildman–Crippen LogP) is 2.98. The summed E-state index contributed by atoms with van der Waals surface area (Å²) in [4.78, 5) is 8.92. The minimum Gasteiger partial charge on any atom is -0.348 e. The third-order valence-electron chi connectivity index (χ3n) is 3.95. The van der Waals surface area contributed by atoms with Gasteiger partial charge in [-0.1, -0.05) is 6.92 Å². The average Bonchev–Trinajstić information content (AvgIpc) is 3.12. The zero-order valence-corrected chi connectivity index (χ0v) is 12.2. The van der Waals surface area contributed by atoms with Crippen molar-refractivity contribution >= 4 is 16.5 Å². The van der Waals surface area contributed by atoms with Gasteiger partial charge in [0.05, 0.1) is 5.69 Å². The maximum Gasteiger partial charge on any atom is 0.185 e. The lowest BCUT2D eigenvalue weighted by molar-refractivity contribution is 0.446. The predicted molar refractivity (Wildman–Crippen MR) is 77.5 cm³/mol.